The van der Waals surface area contributed by atoms with Crippen LogP contribution in [0.15, 0.2) is 56.5 Å². The molecule has 1 fully saturated rings. The van der Waals surface area contributed by atoms with Gasteiger partial charge in [0.25, 0.3) is 5.91 Å². The molecule has 1 aliphatic heterocycles. The van der Waals surface area contributed by atoms with Gasteiger partial charge in [0.2, 0.25) is 0 Å². The fourth-order valence-electron chi connectivity index (χ4n) is 1.91. The number of amides is 1. The zero-order chi connectivity index (χ0) is 14.8. The highest BCUT2D eigenvalue weighted by atomic mass is 79.9. The number of hydrogen-bond acceptors (Lipinski definition) is 4. The number of thioether (sulfide) groups is 1. The van der Waals surface area contributed by atoms with E-state index in [1.807, 2.05) is 36.4 Å². The molecular weight excluding hydrogens is 370 g/mol. The van der Waals surface area contributed by atoms with Crippen LogP contribution in [0, 0.1) is 0 Å². The molecule has 1 saturated heterocycles. The molecule has 0 N–H and O–H groups in total. The summed E-state index contributed by atoms with van der Waals surface area (Å²) in [6, 6.07) is 11.4. The zero-order valence-electron chi connectivity index (χ0n) is 10.8. The third-order valence-electron chi connectivity index (χ3n) is 2.94. The standard InChI is InChI=1S/C15H10BrNO2S2/c16-11-5-3-10(4-6-11)8-13-14(18)17(15(20)21-13)9-12-2-1-7-19-12/h1-8H,9H2/b13-8-. The second-order valence-corrected chi connectivity index (χ2v) is 6.99. The lowest BCUT2D eigenvalue weighted by Gasteiger charge is -2.11. The van der Waals surface area contributed by atoms with Gasteiger partial charge in [-0.1, -0.05) is 52.0 Å². The summed E-state index contributed by atoms with van der Waals surface area (Å²) >= 11 is 9.99. The Bertz CT molecular complexity index is 708. The predicted octanol–water partition coefficient (Wildman–Crippen LogP) is 4.44. The highest BCUT2D eigenvalue weighted by Crippen LogP contribution is 2.33. The maximum atomic E-state index is 12.4. The van der Waals surface area contributed by atoms with Crippen LogP contribution in [0.2, 0.25) is 0 Å². The highest BCUT2D eigenvalue weighted by molar-refractivity contribution is 9.10. The van der Waals surface area contributed by atoms with E-state index in [0.717, 1.165) is 15.8 Å². The Balaban J connectivity index is 1.81. The number of rotatable bonds is 3. The molecule has 0 saturated carbocycles. The molecule has 0 radical (unpaired) electrons. The smallest absolute Gasteiger partial charge is 0.266 e. The number of hydrogen-bond donors (Lipinski definition) is 0. The van der Waals surface area contributed by atoms with Crippen molar-refractivity contribution in [2.45, 2.75) is 6.54 Å². The van der Waals surface area contributed by atoms with Gasteiger partial charge in [-0.05, 0) is 35.9 Å². The van der Waals surface area contributed by atoms with Crippen LogP contribution in [0.1, 0.15) is 11.3 Å². The minimum Gasteiger partial charge on any atom is -0.467 e. The van der Waals surface area contributed by atoms with Gasteiger partial charge in [0, 0.05) is 4.47 Å². The summed E-state index contributed by atoms with van der Waals surface area (Å²) in [7, 11) is 0. The molecule has 1 amide bonds. The average Bonchev–Trinajstić information content (AvgIpc) is 3.06. The van der Waals surface area contributed by atoms with Crippen molar-refractivity contribution in [1.29, 1.82) is 0 Å². The van der Waals surface area contributed by atoms with E-state index in [-0.39, 0.29) is 5.91 Å². The van der Waals surface area contributed by atoms with E-state index in [1.165, 1.54) is 11.8 Å². The lowest BCUT2D eigenvalue weighted by Crippen LogP contribution is -2.27. The maximum absolute atomic E-state index is 12.4. The third kappa shape index (κ3) is 3.28. The largest absolute Gasteiger partial charge is 0.467 e. The number of thiocarbonyl (C=S) groups is 1. The zero-order valence-corrected chi connectivity index (χ0v) is 14.0. The summed E-state index contributed by atoms with van der Waals surface area (Å²) in [5.74, 6) is 0.639. The minimum absolute atomic E-state index is 0.0793. The summed E-state index contributed by atoms with van der Waals surface area (Å²) < 4.78 is 6.83. The molecule has 0 aliphatic carbocycles. The molecule has 2 aromatic rings. The first-order chi connectivity index (χ1) is 10.1. The lowest BCUT2D eigenvalue weighted by molar-refractivity contribution is -0.122. The van der Waals surface area contributed by atoms with Crippen molar-refractivity contribution in [2.24, 2.45) is 0 Å². The number of carbonyl (C=O) groups excluding carboxylic acids is 1. The van der Waals surface area contributed by atoms with E-state index in [0.29, 0.717) is 15.8 Å². The Kier molecular flexibility index (Phi) is 4.28. The monoisotopic (exact) mass is 379 g/mol. The van der Waals surface area contributed by atoms with Crippen LogP contribution in [0.3, 0.4) is 0 Å². The Morgan fingerprint density at radius 2 is 2.05 bits per heavy atom. The van der Waals surface area contributed by atoms with Gasteiger partial charge >= 0.3 is 0 Å². The van der Waals surface area contributed by atoms with Gasteiger partial charge in [-0.15, -0.1) is 0 Å². The Morgan fingerprint density at radius 1 is 1.29 bits per heavy atom. The van der Waals surface area contributed by atoms with Crippen LogP contribution in [-0.2, 0) is 11.3 Å². The van der Waals surface area contributed by atoms with Crippen molar-refractivity contribution in [3.8, 4) is 0 Å². The Labute approximate surface area is 140 Å². The first kappa shape index (κ1) is 14.6. The molecule has 3 nitrogen and oxygen atoms in total. The Morgan fingerprint density at radius 3 is 2.71 bits per heavy atom. The number of carbonyl (C=O) groups is 1. The topological polar surface area (TPSA) is 33.5 Å². The molecule has 2 heterocycles. The van der Waals surface area contributed by atoms with Crippen molar-refractivity contribution in [3.05, 3.63) is 63.4 Å². The quantitative estimate of drug-likeness (QED) is 0.582. The Hall–Kier alpha value is -1.37. The van der Waals surface area contributed by atoms with Gasteiger partial charge in [0.15, 0.2) is 0 Å². The van der Waals surface area contributed by atoms with E-state index in [4.69, 9.17) is 16.6 Å². The normalized spacial score (nSPS) is 17.0. The molecule has 1 aromatic heterocycles. The summed E-state index contributed by atoms with van der Waals surface area (Å²) in [5.41, 5.74) is 0.969. The first-order valence-electron chi connectivity index (χ1n) is 6.17. The second kappa shape index (κ2) is 6.17. The SMILES string of the molecule is O=C1/C(=C/c2ccc(Br)cc2)SC(=S)N1Cc1ccco1. The van der Waals surface area contributed by atoms with Crippen molar-refractivity contribution in [2.75, 3.05) is 0 Å². The molecule has 0 spiro atoms. The molecule has 21 heavy (non-hydrogen) atoms. The maximum Gasteiger partial charge on any atom is 0.266 e. The fraction of sp³-hybridized carbons (Fsp3) is 0.0667. The van der Waals surface area contributed by atoms with Gasteiger partial charge in [-0.3, -0.25) is 9.69 Å². The van der Waals surface area contributed by atoms with Crippen molar-refractivity contribution in [1.82, 2.24) is 4.90 Å². The summed E-state index contributed by atoms with van der Waals surface area (Å²) in [4.78, 5) is 14.6. The summed E-state index contributed by atoms with van der Waals surface area (Å²) in [5, 5.41) is 0. The average molecular weight is 380 g/mol. The minimum atomic E-state index is -0.0793. The second-order valence-electron chi connectivity index (χ2n) is 4.40. The summed E-state index contributed by atoms with van der Waals surface area (Å²) in [6.45, 7) is 0.370. The van der Waals surface area contributed by atoms with Gasteiger partial charge in [-0.25, -0.2) is 0 Å². The van der Waals surface area contributed by atoms with Crippen LogP contribution in [0.25, 0.3) is 6.08 Å². The molecule has 3 rings (SSSR count). The van der Waals surface area contributed by atoms with Gasteiger partial charge in [-0.2, -0.15) is 0 Å². The number of halogens is 1. The molecule has 0 atom stereocenters. The lowest BCUT2D eigenvalue weighted by atomic mass is 10.2. The van der Waals surface area contributed by atoms with E-state index in [1.54, 1.807) is 17.2 Å². The third-order valence-corrected chi connectivity index (χ3v) is 4.84. The summed E-state index contributed by atoms with van der Waals surface area (Å²) in [6.07, 6.45) is 3.44. The van der Waals surface area contributed by atoms with E-state index in [2.05, 4.69) is 15.9 Å². The number of benzene rings is 1. The van der Waals surface area contributed by atoms with Crippen LogP contribution in [0.4, 0.5) is 0 Å². The molecule has 0 unspecified atom stereocenters. The van der Waals surface area contributed by atoms with Crippen LogP contribution in [0.5, 0.6) is 0 Å². The predicted molar refractivity (Wildman–Crippen MR) is 91.6 cm³/mol. The van der Waals surface area contributed by atoms with Gasteiger partial charge in [0.05, 0.1) is 17.7 Å². The van der Waals surface area contributed by atoms with Crippen LogP contribution in [-0.4, -0.2) is 15.1 Å². The molecule has 1 aliphatic rings. The van der Waals surface area contributed by atoms with Crippen molar-refractivity contribution < 1.29 is 9.21 Å². The van der Waals surface area contributed by atoms with Gasteiger partial charge < -0.3 is 4.42 Å². The molecular formula is C15H10BrNO2S2. The molecule has 0 bridgehead atoms. The van der Waals surface area contributed by atoms with Crippen molar-refractivity contribution in [3.63, 3.8) is 0 Å². The van der Waals surface area contributed by atoms with Crippen LogP contribution < -0.4 is 0 Å². The van der Waals surface area contributed by atoms with Gasteiger partial charge in [0.1, 0.15) is 10.1 Å². The molecule has 106 valence electrons. The highest BCUT2D eigenvalue weighted by Gasteiger charge is 2.32. The van der Waals surface area contributed by atoms with E-state index in [9.17, 15) is 4.79 Å². The van der Waals surface area contributed by atoms with Crippen molar-refractivity contribution >= 4 is 56.2 Å². The van der Waals surface area contributed by atoms with E-state index >= 15 is 0 Å². The number of nitrogens with zero attached hydrogens (tertiary/aromatic N) is 1. The first-order valence-corrected chi connectivity index (χ1v) is 8.18. The number of furan rings is 1. The fourth-order valence-corrected chi connectivity index (χ4v) is 3.42. The van der Waals surface area contributed by atoms with E-state index < -0.39 is 0 Å². The molecule has 1 aromatic carbocycles. The molecule has 6 heteroatoms. The van der Waals surface area contributed by atoms with Crippen LogP contribution >= 0.6 is 39.9 Å².